The van der Waals surface area contributed by atoms with Gasteiger partial charge in [-0.1, -0.05) is 61.7 Å². The number of aromatic nitrogens is 1. The van der Waals surface area contributed by atoms with Gasteiger partial charge in [0, 0.05) is 48.0 Å². The van der Waals surface area contributed by atoms with Crippen LogP contribution in [0.15, 0.2) is 54.6 Å². The molecule has 3 aromatic rings. The number of pyridine rings is 1. The van der Waals surface area contributed by atoms with E-state index in [1.807, 2.05) is 55.1 Å². The maximum atomic E-state index is 14.1. The van der Waals surface area contributed by atoms with Crippen LogP contribution < -0.4 is 5.32 Å². The second-order valence-corrected chi connectivity index (χ2v) is 12.7. The summed E-state index contributed by atoms with van der Waals surface area (Å²) in [5, 5.41) is 3.90. The van der Waals surface area contributed by atoms with Gasteiger partial charge in [0.2, 0.25) is 0 Å². The number of carbonyl (C=O) groups excluding carboxylic acids is 2. The topological polar surface area (TPSA) is 68.8 Å². The molecule has 1 unspecified atom stereocenters. The molecule has 0 spiro atoms. The molecule has 3 heterocycles. The lowest BCUT2D eigenvalue weighted by Crippen LogP contribution is -2.48. The van der Waals surface area contributed by atoms with Crippen molar-refractivity contribution in [3.05, 3.63) is 93.1 Å². The molecule has 228 valence electrons. The summed E-state index contributed by atoms with van der Waals surface area (Å²) in [4.78, 5) is 39.0. The van der Waals surface area contributed by atoms with Crippen LogP contribution in [0.3, 0.4) is 0 Å². The molecule has 43 heavy (non-hydrogen) atoms. The number of anilines is 1. The molecular formula is C35H44ClN5O2. The van der Waals surface area contributed by atoms with Gasteiger partial charge >= 0.3 is 0 Å². The van der Waals surface area contributed by atoms with Crippen LogP contribution in [0.1, 0.15) is 89.4 Å². The lowest BCUT2D eigenvalue weighted by Gasteiger charge is -2.39. The number of nitrogens with one attached hydrogen (secondary N) is 1. The van der Waals surface area contributed by atoms with Crippen LogP contribution >= 0.6 is 11.6 Å². The van der Waals surface area contributed by atoms with Gasteiger partial charge in [-0.25, -0.2) is 4.98 Å². The Labute approximate surface area is 261 Å². The standard InChI is InChI=1S/C35H44ClN5O2/c1-6-7-12-31(39(4)5)26-20-24(3)37-32(21-26)38-34(42)33-28-10-8-9-11-29(28)35(43)41(33)27-15-17-40(18-16-27)22-25-13-14-30(36)23(2)19-25/h8-11,13-14,19-21,27,31,33H,6-7,12,15-18,22H2,1-5H3,(H,37,38,42)/t31?,33-/m1/s1. The van der Waals surface area contributed by atoms with Crippen LogP contribution in [0.2, 0.25) is 5.02 Å². The average Bonchev–Trinajstić information content (AvgIpc) is 3.27. The van der Waals surface area contributed by atoms with Gasteiger partial charge in [0.1, 0.15) is 11.9 Å². The van der Waals surface area contributed by atoms with Crippen molar-refractivity contribution in [2.75, 3.05) is 32.5 Å². The van der Waals surface area contributed by atoms with E-state index in [-0.39, 0.29) is 23.9 Å². The first-order valence-corrected chi connectivity index (χ1v) is 15.9. The van der Waals surface area contributed by atoms with Gasteiger partial charge in [-0.15, -0.1) is 0 Å². The number of likely N-dealkylation sites (tertiary alicyclic amines) is 1. The highest BCUT2D eigenvalue weighted by Crippen LogP contribution is 2.39. The maximum absolute atomic E-state index is 14.1. The van der Waals surface area contributed by atoms with Gasteiger partial charge in [-0.2, -0.15) is 0 Å². The van der Waals surface area contributed by atoms with Crippen molar-refractivity contribution in [1.29, 1.82) is 0 Å². The summed E-state index contributed by atoms with van der Waals surface area (Å²) in [5.41, 5.74) is 5.71. The summed E-state index contributed by atoms with van der Waals surface area (Å²) < 4.78 is 0. The molecule has 1 N–H and O–H groups in total. The molecule has 1 fully saturated rings. The van der Waals surface area contributed by atoms with Gasteiger partial charge < -0.3 is 15.1 Å². The lowest BCUT2D eigenvalue weighted by molar-refractivity contribution is -0.121. The van der Waals surface area contributed by atoms with Gasteiger partial charge in [-0.3, -0.25) is 14.5 Å². The second kappa shape index (κ2) is 13.6. The number of unbranched alkanes of at least 4 members (excludes halogenated alkanes) is 1. The van der Waals surface area contributed by atoms with E-state index in [4.69, 9.17) is 11.6 Å². The Hall–Kier alpha value is -3.26. The van der Waals surface area contributed by atoms with Crippen LogP contribution in [0, 0.1) is 13.8 Å². The highest BCUT2D eigenvalue weighted by atomic mass is 35.5. The minimum atomic E-state index is -0.685. The summed E-state index contributed by atoms with van der Waals surface area (Å²) >= 11 is 6.23. The number of fused-ring (bicyclic) bond motifs is 1. The molecule has 0 radical (unpaired) electrons. The second-order valence-electron chi connectivity index (χ2n) is 12.3. The molecule has 5 rings (SSSR count). The average molecular weight is 602 g/mol. The van der Waals surface area contributed by atoms with E-state index in [9.17, 15) is 9.59 Å². The van der Waals surface area contributed by atoms with Crippen molar-refractivity contribution in [2.24, 2.45) is 0 Å². The van der Waals surface area contributed by atoms with E-state index in [0.29, 0.717) is 11.4 Å². The minimum absolute atomic E-state index is 0.0213. The van der Waals surface area contributed by atoms with E-state index >= 15 is 0 Å². The predicted octanol–water partition coefficient (Wildman–Crippen LogP) is 6.94. The van der Waals surface area contributed by atoms with Crippen LogP contribution in [-0.4, -0.2) is 64.7 Å². The number of aryl methyl sites for hydroxylation is 2. The van der Waals surface area contributed by atoms with Crippen LogP contribution in [0.4, 0.5) is 5.82 Å². The Morgan fingerprint density at radius 3 is 2.53 bits per heavy atom. The lowest BCUT2D eigenvalue weighted by atomic mass is 9.99. The summed E-state index contributed by atoms with van der Waals surface area (Å²) in [6, 6.07) is 17.4. The van der Waals surface area contributed by atoms with Crippen molar-refractivity contribution < 1.29 is 9.59 Å². The monoisotopic (exact) mass is 601 g/mol. The van der Waals surface area contributed by atoms with E-state index in [2.05, 4.69) is 59.3 Å². The van der Waals surface area contributed by atoms with E-state index in [0.717, 1.165) is 79.1 Å². The number of hydrogen-bond donors (Lipinski definition) is 1. The Bertz CT molecular complexity index is 1470. The smallest absolute Gasteiger partial charge is 0.255 e. The number of hydrogen-bond acceptors (Lipinski definition) is 5. The van der Waals surface area contributed by atoms with Gasteiger partial charge in [-0.05, 0) is 93.7 Å². The van der Waals surface area contributed by atoms with Crippen molar-refractivity contribution in [2.45, 2.75) is 77.5 Å². The SMILES string of the molecule is CCCCC(c1cc(C)nc(NC(=O)[C@H]2c3ccccc3C(=O)N2C2CCN(Cc3ccc(Cl)c(C)c3)CC2)c1)N(C)C. The zero-order chi connectivity index (χ0) is 30.7. The van der Waals surface area contributed by atoms with Gasteiger partial charge in [0.25, 0.3) is 11.8 Å². The highest BCUT2D eigenvalue weighted by Gasteiger charge is 2.45. The first-order chi connectivity index (χ1) is 20.7. The number of piperidine rings is 1. The van der Waals surface area contributed by atoms with E-state index < -0.39 is 6.04 Å². The molecule has 2 amide bonds. The molecule has 0 bridgehead atoms. The van der Waals surface area contributed by atoms with Gasteiger partial charge in [0.05, 0.1) is 0 Å². The van der Waals surface area contributed by atoms with Crippen molar-refractivity contribution in [3.8, 4) is 0 Å². The molecule has 2 atom stereocenters. The fourth-order valence-corrected chi connectivity index (χ4v) is 6.78. The molecule has 7 nitrogen and oxygen atoms in total. The molecule has 0 aliphatic carbocycles. The van der Waals surface area contributed by atoms with Crippen LogP contribution in [-0.2, 0) is 11.3 Å². The highest BCUT2D eigenvalue weighted by molar-refractivity contribution is 6.31. The van der Waals surface area contributed by atoms with Gasteiger partial charge in [0.15, 0.2) is 0 Å². The Morgan fingerprint density at radius 2 is 1.84 bits per heavy atom. The van der Waals surface area contributed by atoms with Crippen molar-refractivity contribution in [3.63, 3.8) is 0 Å². The van der Waals surface area contributed by atoms with Crippen LogP contribution in [0.25, 0.3) is 0 Å². The molecule has 8 heteroatoms. The molecule has 2 aliphatic rings. The normalized spacial score (nSPS) is 18.3. The Kier molecular flexibility index (Phi) is 9.85. The number of carbonyl (C=O) groups is 2. The zero-order valence-electron chi connectivity index (χ0n) is 26.1. The third-order valence-corrected chi connectivity index (χ3v) is 9.32. The summed E-state index contributed by atoms with van der Waals surface area (Å²) in [7, 11) is 4.18. The third-order valence-electron chi connectivity index (χ3n) is 8.89. The molecule has 1 saturated heterocycles. The van der Waals surface area contributed by atoms with E-state index in [1.165, 1.54) is 5.56 Å². The Morgan fingerprint density at radius 1 is 1.09 bits per heavy atom. The molecular weight excluding hydrogens is 558 g/mol. The molecule has 2 aliphatic heterocycles. The number of halogens is 1. The first-order valence-electron chi connectivity index (χ1n) is 15.5. The fourth-order valence-electron chi connectivity index (χ4n) is 6.67. The number of nitrogens with zero attached hydrogens (tertiary/aromatic N) is 4. The predicted molar refractivity (Wildman–Crippen MR) is 173 cm³/mol. The van der Waals surface area contributed by atoms with Crippen molar-refractivity contribution in [1.82, 2.24) is 19.7 Å². The molecule has 0 saturated carbocycles. The first kappa shape index (κ1) is 31.2. The Balaban J connectivity index is 1.34. The van der Waals surface area contributed by atoms with E-state index in [1.54, 1.807) is 0 Å². The quantitative estimate of drug-likeness (QED) is 0.272. The maximum Gasteiger partial charge on any atom is 0.255 e. The minimum Gasteiger partial charge on any atom is -0.319 e. The van der Waals surface area contributed by atoms with Crippen molar-refractivity contribution >= 4 is 29.2 Å². The number of amides is 2. The number of rotatable bonds is 10. The number of benzene rings is 2. The van der Waals surface area contributed by atoms with Crippen LogP contribution in [0.5, 0.6) is 0 Å². The zero-order valence-corrected chi connectivity index (χ0v) is 26.8. The third kappa shape index (κ3) is 6.95. The summed E-state index contributed by atoms with van der Waals surface area (Å²) in [6.07, 6.45) is 4.91. The molecule has 1 aromatic heterocycles. The summed E-state index contributed by atoms with van der Waals surface area (Å²) in [6.45, 7) is 8.75. The fraction of sp³-hybridized carbons (Fsp3) is 0.457. The summed E-state index contributed by atoms with van der Waals surface area (Å²) in [5.74, 6) is 0.261. The molecule has 2 aromatic carbocycles. The largest absolute Gasteiger partial charge is 0.319 e.